The molecular weight excluding hydrogens is 538 g/mol. The molecule has 0 bridgehead atoms. The molecule has 0 spiro atoms. The fraction of sp³-hybridized carbons (Fsp3) is 0.406. The Balaban J connectivity index is 1.46. The number of nitrogens with zero attached hydrogens (tertiary/aromatic N) is 1. The maximum atomic E-state index is 13.7. The van der Waals surface area contributed by atoms with E-state index in [0.29, 0.717) is 13.0 Å². The number of amides is 2. The second-order valence-corrected chi connectivity index (χ2v) is 12.2. The number of thiazole rings is 1. The van der Waals surface area contributed by atoms with Crippen LogP contribution in [-0.2, 0) is 43.2 Å². The number of rotatable bonds is 14. The molecule has 1 saturated heterocycles. The van der Waals surface area contributed by atoms with Gasteiger partial charge in [0, 0.05) is 30.1 Å². The summed E-state index contributed by atoms with van der Waals surface area (Å²) in [5.41, 5.74) is 1.67. The summed E-state index contributed by atoms with van der Waals surface area (Å²) in [6, 6.07) is 17.1. The van der Waals surface area contributed by atoms with Crippen molar-refractivity contribution in [1.29, 1.82) is 0 Å². The van der Waals surface area contributed by atoms with Crippen LogP contribution < -0.4 is 10.6 Å². The molecule has 1 aliphatic heterocycles. The van der Waals surface area contributed by atoms with Crippen LogP contribution in [0.3, 0.4) is 0 Å². The topological polar surface area (TPSA) is 118 Å². The molecule has 3 unspecified atom stereocenters. The number of hydrogen-bond acceptors (Lipinski definition) is 7. The molecule has 8 nitrogen and oxygen atoms in total. The van der Waals surface area contributed by atoms with Gasteiger partial charge in [-0.2, -0.15) is 0 Å². The van der Waals surface area contributed by atoms with E-state index in [1.165, 1.54) is 11.3 Å². The number of ether oxygens (including phenoxy) is 1. The molecule has 4 atom stereocenters. The summed E-state index contributed by atoms with van der Waals surface area (Å²) in [4.78, 5) is 58.3. The number of benzene rings is 2. The molecular formula is C32H37N3O5S. The standard InChI is InChI=1S/C32H37N3O5S/c1-20(15-25(36)18-28-21(2)33-22(3)41-28)30(38)35-27(17-24-13-9-6-10-14-24)31(39)34-26(29(37)32(4)19-40-32)16-23-11-7-5-8-12-23/h5-14,20,26-27H,15-19H2,1-4H3,(H,34,39)(H,35,38)/t20?,26?,27-,32?/m0/s1. The van der Waals surface area contributed by atoms with Gasteiger partial charge in [-0.25, -0.2) is 4.98 Å². The van der Waals surface area contributed by atoms with Gasteiger partial charge in [0.05, 0.1) is 23.4 Å². The monoisotopic (exact) mass is 575 g/mol. The lowest BCUT2D eigenvalue weighted by Gasteiger charge is -2.25. The van der Waals surface area contributed by atoms with E-state index in [9.17, 15) is 19.2 Å². The Morgan fingerprint density at radius 2 is 1.44 bits per heavy atom. The first-order chi connectivity index (χ1) is 19.5. The number of carbonyl (C=O) groups excluding carboxylic acids is 4. The summed E-state index contributed by atoms with van der Waals surface area (Å²) < 4.78 is 5.39. The molecule has 0 radical (unpaired) electrons. The summed E-state index contributed by atoms with van der Waals surface area (Å²) in [6.45, 7) is 7.48. The number of aryl methyl sites for hydroxylation is 2. The van der Waals surface area contributed by atoms with E-state index >= 15 is 0 Å². The Labute approximate surface area is 244 Å². The van der Waals surface area contributed by atoms with Crippen molar-refractivity contribution in [3.8, 4) is 0 Å². The molecule has 2 aromatic carbocycles. The first-order valence-corrected chi connectivity index (χ1v) is 14.7. The molecule has 9 heteroatoms. The van der Waals surface area contributed by atoms with Crippen LogP contribution in [0.15, 0.2) is 60.7 Å². The molecule has 2 heterocycles. The van der Waals surface area contributed by atoms with Crippen LogP contribution in [0.4, 0.5) is 0 Å². The maximum absolute atomic E-state index is 13.7. The van der Waals surface area contributed by atoms with Crippen molar-refractivity contribution in [2.24, 2.45) is 5.92 Å². The number of Topliss-reactive ketones (excluding diaryl/α,β-unsaturated/α-hetero) is 2. The van der Waals surface area contributed by atoms with Gasteiger partial charge < -0.3 is 15.4 Å². The first kappa shape index (κ1) is 30.3. The number of ketones is 2. The number of epoxide rings is 1. The molecule has 41 heavy (non-hydrogen) atoms. The average Bonchev–Trinajstić information content (AvgIpc) is 3.62. The van der Waals surface area contributed by atoms with E-state index in [1.54, 1.807) is 13.8 Å². The molecule has 4 rings (SSSR count). The van der Waals surface area contributed by atoms with E-state index < -0.39 is 35.4 Å². The largest absolute Gasteiger partial charge is 0.361 e. The van der Waals surface area contributed by atoms with Crippen molar-refractivity contribution in [2.75, 3.05) is 6.61 Å². The third-order valence-corrected chi connectivity index (χ3v) is 8.34. The van der Waals surface area contributed by atoms with Crippen molar-refractivity contribution in [1.82, 2.24) is 15.6 Å². The van der Waals surface area contributed by atoms with Gasteiger partial charge in [0.15, 0.2) is 5.78 Å². The summed E-state index contributed by atoms with van der Waals surface area (Å²) in [6.07, 6.45) is 0.815. The van der Waals surface area contributed by atoms with Gasteiger partial charge >= 0.3 is 0 Å². The van der Waals surface area contributed by atoms with Crippen LogP contribution in [-0.4, -0.2) is 52.7 Å². The lowest BCUT2D eigenvalue weighted by molar-refractivity contribution is -0.134. The highest BCUT2D eigenvalue weighted by Crippen LogP contribution is 2.29. The van der Waals surface area contributed by atoms with Gasteiger partial charge in [0.1, 0.15) is 17.4 Å². The first-order valence-electron chi connectivity index (χ1n) is 13.9. The summed E-state index contributed by atoms with van der Waals surface area (Å²) in [7, 11) is 0. The van der Waals surface area contributed by atoms with Crippen LogP contribution in [0, 0.1) is 19.8 Å². The van der Waals surface area contributed by atoms with Crippen LogP contribution in [0.5, 0.6) is 0 Å². The van der Waals surface area contributed by atoms with E-state index in [2.05, 4.69) is 15.6 Å². The minimum absolute atomic E-state index is 0.0483. The molecule has 3 aromatic rings. The van der Waals surface area contributed by atoms with Crippen LogP contribution >= 0.6 is 11.3 Å². The summed E-state index contributed by atoms with van der Waals surface area (Å²) in [5, 5.41) is 6.66. The van der Waals surface area contributed by atoms with Crippen LogP contribution in [0.25, 0.3) is 0 Å². The van der Waals surface area contributed by atoms with Gasteiger partial charge in [-0.1, -0.05) is 67.6 Å². The Bertz CT molecular complexity index is 1380. The molecule has 2 amide bonds. The molecule has 2 N–H and O–H groups in total. The van der Waals surface area contributed by atoms with Gasteiger partial charge in [-0.3, -0.25) is 19.2 Å². The zero-order chi connectivity index (χ0) is 29.6. The molecule has 0 saturated carbocycles. The normalized spacial score (nSPS) is 18.1. The van der Waals surface area contributed by atoms with Crippen molar-refractivity contribution in [3.63, 3.8) is 0 Å². The SMILES string of the molecule is Cc1nc(C)c(CC(=O)CC(C)C(=O)N[C@@H](Cc2ccccc2)C(=O)NC(Cc2ccccc2)C(=O)C2(C)CO2)s1. The molecule has 1 aromatic heterocycles. The molecule has 216 valence electrons. The zero-order valence-corrected chi connectivity index (χ0v) is 24.8. The highest BCUT2D eigenvalue weighted by Gasteiger charge is 2.50. The summed E-state index contributed by atoms with van der Waals surface area (Å²) >= 11 is 1.49. The predicted molar refractivity (Wildman–Crippen MR) is 158 cm³/mol. The average molecular weight is 576 g/mol. The van der Waals surface area contributed by atoms with Crippen molar-refractivity contribution in [2.45, 2.75) is 71.1 Å². The van der Waals surface area contributed by atoms with E-state index in [0.717, 1.165) is 26.7 Å². The second kappa shape index (κ2) is 13.3. The lowest BCUT2D eigenvalue weighted by atomic mass is 9.94. The van der Waals surface area contributed by atoms with E-state index in [1.807, 2.05) is 74.5 Å². The van der Waals surface area contributed by atoms with Gasteiger partial charge in [-0.15, -0.1) is 11.3 Å². The maximum Gasteiger partial charge on any atom is 0.243 e. The number of hydrogen-bond donors (Lipinski definition) is 2. The molecule has 1 fully saturated rings. The Morgan fingerprint density at radius 1 is 0.902 bits per heavy atom. The van der Waals surface area contributed by atoms with Crippen molar-refractivity contribution < 1.29 is 23.9 Å². The van der Waals surface area contributed by atoms with Gasteiger partial charge in [0.25, 0.3) is 0 Å². The number of nitrogens with one attached hydrogen (secondary N) is 2. The predicted octanol–water partition coefficient (Wildman–Crippen LogP) is 3.71. The fourth-order valence-corrected chi connectivity index (χ4v) is 5.71. The fourth-order valence-electron chi connectivity index (χ4n) is 4.75. The molecule has 0 aliphatic carbocycles. The Kier molecular flexibility index (Phi) is 9.83. The highest BCUT2D eigenvalue weighted by molar-refractivity contribution is 7.11. The van der Waals surface area contributed by atoms with E-state index in [4.69, 9.17) is 4.74 Å². The number of aromatic nitrogens is 1. The number of carbonyl (C=O) groups is 4. The lowest BCUT2D eigenvalue weighted by Crippen LogP contribution is -2.55. The smallest absolute Gasteiger partial charge is 0.243 e. The quantitative estimate of drug-likeness (QED) is 0.283. The van der Waals surface area contributed by atoms with Crippen LogP contribution in [0.1, 0.15) is 47.0 Å². The Hall–Kier alpha value is -3.69. The molecule has 1 aliphatic rings. The zero-order valence-electron chi connectivity index (χ0n) is 23.9. The van der Waals surface area contributed by atoms with E-state index in [-0.39, 0.29) is 30.8 Å². The van der Waals surface area contributed by atoms with Gasteiger partial charge in [0.2, 0.25) is 11.8 Å². The Morgan fingerprint density at radius 3 is 1.95 bits per heavy atom. The minimum atomic E-state index is -0.937. The highest BCUT2D eigenvalue weighted by atomic mass is 32.1. The summed E-state index contributed by atoms with van der Waals surface area (Å²) in [5.74, 6) is -1.75. The third kappa shape index (κ3) is 8.41. The van der Waals surface area contributed by atoms with Gasteiger partial charge in [-0.05, 0) is 38.3 Å². The second-order valence-electron chi connectivity index (χ2n) is 10.9. The third-order valence-electron chi connectivity index (χ3n) is 7.27. The van der Waals surface area contributed by atoms with Crippen molar-refractivity contribution >= 4 is 34.7 Å². The van der Waals surface area contributed by atoms with Crippen molar-refractivity contribution in [3.05, 3.63) is 87.4 Å². The minimum Gasteiger partial charge on any atom is -0.361 e. The van der Waals surface area contributed by atoms with Crippen LogP contribution in [0.2, 0.25) is 0 Å².